The Hall–Kier alpha value is -5.54. The molecule has 0 bridgehead atoms. The second-order valence-corrected chi connectivity index (χ2v) is 12.2. The molecule has 0 unspecified atom stereocenters. The molecular weight excluding hydrogens is 572 g/mol. The minimum atomic E-state index is -3.75. The van der Waals surface area contributed by atoms with E-state index in [0.29, 0.717) is 22.8 Å². The van der Waals surface area contributed by atoms with Crippen LogP contribution in [-0.2, 0) is 15.6 Å². The van der Waals surface area contributed by atoms with Gasteiger partial charge in [0, 0.05) is 16.7 Å². The summed E-state index contributed by atoms with van der Waals surface area (Å²) in [4.78, 5) is 4.78. The monoisotopic (exact) mass is 598 g/mol. The second-order valence-electron chi connectivity index (χ2n) is 10.2. The van der Waals surface area contributed by atoms with Gasteiger partial charge in [-0.25, -0.2) is 18.1 Å². The van der Waals surface area contributed by atoms with E-state index in [4.69, 9.17) is 9.15 Å². The van der Waals surface area contributed by atoms with Crippen LogP contribution in [0, 0.1) is 0 Å². The highest BCUT2D eigenvalue weighted by Crippen LogP contribution is 2.34. The van der Waals surface area contributed by atoms with E-state index in [-0.39, 0.29) is 16.5 Å². The highest BCUT2D eigenvalue weighted by molar-refractivity contribution is 7.90. The van der Waals surface area contributed by atoms with Crippen molar-refractivity contribution in [1.29, 1.82) is 0 Å². The van der Waals surface area contributed by atoms with Gasteiger partial charge in [-0.15, -0.1) is 5.10 Å². The fraction of sp³-hybridized carbons (Fsp3) is 0.0571. The minimum absolute atomic E-state index is 0.126. The van der Waals surface area contributed by atoms with Crippen LogP contribution in [0.5, 0.6) is 5.75 Å². The van der Waals surface area contributed by atoms with Crippen LogP contribution >= 0.6 is 0 Å². The Morgan fingerprint density at radius 2 is 1.43 bits per heavy atom. The molecule has 0 N–H and O–H groups in total. The lowest BCUT2D eigenvalue weighted by molar-refractivity contribution is 0.415. The normalized spacial score (nSPS) is 11.6. The number of oxazole rings is 1. The first-order chi connectivity index (χ1) is 21.5. The molecule has 0 saturated heterocycles. The maximum atomic E-state index is 13.4. The van der Waals surface area contributed by atoms with Crippen molar-refractivity contribution < 1.29 is 17.6 Å². The first-order valence-electron chi connectivity index (χ1n) is 13.9. The van der Waals surface area contributed by atoms with Gasteiger partial charge in [0.15, 0.2) is 15.6 Å². The van der Waals surface area contributed by atoms with Gasteiger partial charge in [0.2, 0.25) is 5.89 Å². The summed E-state index contributed by atoms with van der Waals surface area (Å²) in [5, 5.41) is 10.7. The number of aromatic nitrogens is 4. The number of nitrogens with zero attached hydrogens (tertiary/aromatic N) is 4. The molecule has 44 heavy (non-hydrogen) atoms. The van der Waals surface area contributed by atoms with Crippen LogP contribution in [0.1, 0.15) is 5.89 Å². The van der Waals surface area contributed by atoms with Gasteiger partial charge < -0.3 is 9.15 Å². The van der Waals surface area contributed by atoms with Gasteiger partial charge in [-0.2, -0.15) is 0 Å². The summed E-state index contributed by atoms with van der Waals surface area (Å²) >= 11 is 0. The van der Waals surface area contributed by atoms with Crippen molar-refractivity contribution in [3.8, 4) is 45.3 Å². The molecule has 0 spiro atoms. The smallest absolute Gasteiger partial charge is 0.211 e. The summed E-state index contributed by atoms with van der Waals surface area (Å²) in [5.41, 5.74) is 4.57. The molecule has 0 amide bonds. The number of rotatable bonds is 8. The Morgan fingerprint density at radius 1 is 0.750 bits per heavy atom. The van der Waals surface area contributed by atoms with Gasteiger partial charge in [-0.1, -0.05) is 84.1 Å². The minimum Gasteiger partial charge on any atom is -0.497 e. The van der Waals surface area contributed by atoms with Crippen molar-refractivity contribution in [3.05, 3.63) is 133 Å². The fourth-order valence-corrected chi connectivity index (χ4v) is 6.25. The molecule has 0 aliphatic rings. The van der Waals surface area contributed by atoms with Crippen LogP contribution in [0.25, 0.3) is 50.3 Å². The zero-order valence-electron chi connectivity index (χ0n) is 23.7. The van der Waals surface area contributed by atoms with E-state index >= 15 is 0 Å². The maximum absolute atomic E-state index is 13.4. The van der Waals surface area contributed by atoms with Crippen molar-refractivity contribution in [2.24, 2.45) is 0 Å². The van der Waals surface area contributed by atoms with Crippen molar-refractivity contribution in [1.82, 2.24) is 20.0 Å². The first-order valence-corrected chi connectivity index (χ1v) is 15.6. The fourth-order valence-electron chi connectivity index (χ4n) is 5.09. The predicted octanol–water partition coefficient (Wildman–Crippen LogP) is 7.39. The maximum Gasteiger partial charge on any atom is 0.211 e. The standard InChI is InChI=1S/C35H26N4O4S/c1-42-30-17-14-26-20-28(13-12-27(26)21-30)32-22-39(38-37-32)29-15-18-31(19-16-29)44(40,41)23-33-36-34(24-8-4-2-5-9-24)35(43-33)25-10-6-3-7-11-25/h2-22H,23H2,1H3. The van der Waals surface area contributed by atoms with E-state index in [2.05, 4.69) is 15.3 Å². The van der Waals surface area contributed by atoms with Crippen LogP contribution in [0.4, 0.5) is 0 Å². The topological polar surface area (TPSA) is 100 Å². The molecule has 216 valence electrons. The molecule has 0 radical (unpaired) electrons. The molecule has 8 nitrogen and oxygen atoms in total. The molecule has 0 atom stereocenters. The van der Waals surface area contributed by atoms with Crippen molar-refractivity contribution in [3.63, 3.8) is 0 Å². The number of hydrogen-bond acceptors (Lipinski definition) is 7. The van der Waals surface area contributed by atoms with E-state index in [1.165, 1.54) is 0 Å². The Bertz CT molecular complexity index is 2130. The van der Waals surface area contributed by atoms with E-state index in [1.807, 2.05) is 103 Å². The predicted molar refractivity (Wildman–Crippen MR) is 169 cm³/mol. The van der Waals surface area contributed by atoms with E-state index in [0.717, 1.165) is 33.2 Å². The zero-order chi connectivity index (χ0) is 30.1. The molecular formula is C35H26N4O4S. The third-order valence-electron chi connectivity index (χ3n) is 7.37. The van der Waals surface area contributed by atoms with Crippen LogP contribution in [0.3, 0.4) is 0 Å². The summed E-state index contributed by atoms with van der Waals surface area (Å²) in [6, 6.07) is 37.7. The quantitative estimate of drug-likeness (QED) is 0.180. The van der Waals surface area contributed by atoms with E-state index < -0.39 is 9.84 Å². The Labute approximate surface area is 254 Å². The SMILES string of the molecule is COc1ccc2cc(-c3cn(-c4ccc(S(=O)(=O)Cc5nc(-c6ccccc6)c(-c6ccccc6)o5)cc4)nn3)ccc2c1. The molecule has 0 fully saturated rings. The highest BCUT2D eigenvalue weighted by atomic mass is 32.2. The van der Waals surface area contributed by atoms with Crippen LogP contribution in [-0.4, -0.2) is 35.5 Å². The van der Waals surface area contributed by atoms with Crippen molar-refractivity contribution >= 4 is 20.6 Å². The molecule has 2 aromatic heterocycles. The van der Waals surface area contributed by atoms with Crippen LogP contribution in [0.15, 0.2) is 137 Å². The average Bonchev–Trinajstić information content (AvgIpc) is 3.73. The summed E-state index contributed by atoms with van der Waals surface area (Å²) in [7, 11) is -2.11. The van der Waals surface area contributed by atoms with Gasteiger partial charge in [-0.05, 0) is 53.2 Å². The molecule has 0 aliphatic carbocycles. The lowest BCUT2D eigenvalue weighted by Crippen LogP contribution is -2.06. The number of hydrogen-bond donors (Lipinski definition) is 0. The Balaban J connectivity index is 1.13. The zero-order valence-corrected chi connectivity index (χ0v) is 24.5. The number of sulfone groups is 1. The Morgan fingerprint density at radius 3 is 2.16 bits per heavy atom. The molecule has 2 heterocycles. The lowest BCUT2D eigenvalue weighted by Gasteiger charge is -2.05. The van der Waals surface area contributed by atoms with E-state index in [1.54, 1.807) is 36.1 Å². The first kappa shape index (κ1) is 27.3. The molecule has 0 saturated carbocycles. The number of benzene rings is 5. The largest absolute Gasteiger partial charge is 0.497 e. The summed E-state index contributed by atoms with van der Waals surface area (Å²) in [5.74, 6) is 1.09. The molecule has 7 aromatic rings. The Kier molecular flexibility index (Phi) is 7.00. The number of ether oxygens (including phenoxy) is 1. The van der Waals surface area contributed by atoms with Gasteiger partial charge in [-0.3, -0.25) is 0 Å². The molecule has 0 aliphatic heterocycles. The summed E-state index contributed by atoms with van der Waals surface area (Å²) in [6.07, 6.45) is 1.82. The van der Waals surface area contributed by atoms with Gasteiger partial charge >= 0.3 is 0 Å². The number of methoxy groups -OCH3 is 1. The highest BCUT2D eigenvalue weighted by Gasteiger charge is 2.23. The number of fused-ring (bicyclic) bond motifs is 1. The summed E-state index contributed by atoms with van der Waals surface area (Å²) < 4.78 is 39.9. The van der Waals surface area contributed by atoms with Crippen LogP contribution in [0.2, 0.25) is 0 Å². The molecule has 7 rings (SSSR count). The lowest BCUT2D eigenvalue weighted by atomic mass is 10.1. The third-order valence-corrected chi connectivity index (χ3v) is 8.98. The van der Waals surface area contributed by atoms with Crippen molar-refractivity contribution in [2.45, 2.75) is 10.6 Å². The van der Waals surface area contributed by atoms with Gasteiger partial charge in [0.25, 0.3) is 0 Å². The third kappa shape index (κ3) is 5.36. The van der Waals surface area contributed by atoms with Crippen molar-refractivity contribution in [2.75, 3.05) is 7.11 Å². The summed E-state index contributed by atoms with van der Waals surface area (Å²) in [6.45, 7) is 0. The van der Waals surface area contributed by atoms with Gasteiger partial charge in [0.1, 0.15) is 22.9 Å². The average molecular weight is 599 g/mol. The molecule has 9 heteroatoms. The van der Waals surface area contributed by atoms with E-state index in [9.17, 15) is 8.42 Å². The molecule has 5 aromatic carbocycles. The second kappa shape index (κ2) is 11.3. The van der Waals surface area contributed by atoms with Crippen LogP contribution < -0.4 is 4.74 Å². The van der Waals surface area contributed by atoms with Gasteiger partial charge in [0.05, 0.1) is 23.9 Å².